The van der Waals surface area contributed by atoms with Gasteiger partial charge in [-0.15, -0.1) is 0 Å². The van der Waals surface area contributed by atoms with Crippen LogP contribution in [-0.4, -0.2) is 113 Å². The van der Waals surface area contributed by atoms with E-state index in [1.165, 1.54) is 48.3 Å². The summed E-state index contributed by atoms with van der Waals surface area (Å²) >= 11 is 0. The molecule has 3 atom stereocenters. The number of likely N-dealkylation sites (N-methyl/N-ethyl adjacent to an activating group) is 1. The van der Waals surface area contributed by atoms with Gasteiger partial charge in [0.25, 0.3) is 0 Å². The van der Waals surface area contributed by atoms with Gasteiger partial charge in [-0.2, -0.15) is 0 Å². The second-order valence-corrected chi connectivity index (χ2v) is 10.6. The Kier molecular flexibility index (Phi) is 10.0. The average molecular weight is 611 g/mol. The molecule has 44 heavy (non-hydrogen) atoms. The minimum absolute atomic E-state index is 0.0700. The maximum atomic E-state index is 13.4. The predicted molar refractivity (Wildman–Crippen MR) is 154 cm³/mol. The van der Waals surface area contributed by atoms with Crippen LogP contribution in [0.25, 0.3) is 11.1 Å². The quantitative estimate of drug-likeness (QED) is 0.170. The van der Waals surface area contributed by atoms with Crippen molar-refractivity contribution in [2.75, 3.05) is 39.8 Å². The summed E-state index contributed by atoms with van der Waals surface area (Å²) in [6, 6.07) is 6.02. The predicted octanol–water partition coefficient (Wildman–Crippen LogP) is -2.12. The Morgan fingerprint density at radius 1 is 1.07 bits per heavy atom. The first-order chi connectivity index (χ1) is 21.0. The van der Waals surface area contributed by atoms with Crippen LogP contribution in [0.1, 0.15) is 23.6 Å². The van der Waals surface area contributed by atoms with Crippen LogP contribution in [0.5, 0.6) is 11.5 Å². The number of β-amino-alcohol motifs (C(OH)–C–C–N with tert-alkyl or cyclic N) is 1. The molecule has 2 heterocycles. The first kappa shape index (κ1) is 31.7. The number of hydrogen-bond acceptors (Lipinski definition) is 9. The number of rotatable bonds is 7. The van der Waals surface area contributed by atoms with E-state index in [0.717, 1.165) is 4.90 Å². The van der Waals surface area contributed by atoms with Crippen molar-refractivity contribution < 1.29 is 44.1 Å². The van der Waals surface area contributed by atoms with Gasteiger partial charge in [-0.3, -0.25) is 28.8 Å². The highest BCUT2D eigenvalue weighted by Gasteiger charge is 2.31. The highest BCUT2D eigenvalue weighted by molar-refractivity contribution is 5.95. The van der Waals surface area contributed by atoms with Crippen molar-refractivity contribution in [3.63, 3.8) is 0 Å². The van der Waals surface area contributed by atoms with Gasteiger partial charge in [0, 0.05) is 37.7 Å². The summed E-state index contributed by atoms with van der Waals surface area (Å²) in [6.45, 7) is -0.819. The minimum Gasteiger partial charge on any atom is -0.507 e. The van der Waals surface area contributed by atoms with Gasteiger partial charge in [0.2, 0.25) is 35.9 Å². The SMILES string of the molecule is CN(C(=O)CNC=O)C1C(=O)NCC(=O)NC(C(=O)NCC(=O)N2CCC(O)C2)Cc2ccc(O)c(c2)-c2cc1ccc2O. The molecule has 1 fully saturated rings. The van der Waals surface area contributed by atoms with Crippen molar-refractivity contribution in [3.05, 3.63) is 47.5 Å². The van der Waals surface area contributed by atoms with Gasteiger partial charge in [-0.05, 0) is 41.8 Å². The summed E-state index contributed by atoms with van der Waals surface area (Å²) in [5, 5.41) is 40.9. The van der Waals surface area contributed by atoms with Gasteiger partial charge in [-0.1, -0.05) is 12.1 Å². The number of phenolic OH excluding ortho intramolecular Hbond substituents is 2. The lowest BCUT2D eigenvalue weighted by molar-refractivity contribution is -0.139. The van der Waals surface area contributed by atoms with Gasteiger partial charge >= 0.3 is 0 Å². The van der Waals surface area contributed by atoms with Crippen LogP contribution in [0.15, 0.2) is 36.4 Å². The van der Waals surface area contributed by atoms with Crippen LogP contribution < -0.4 is 21.3 Å². The van der Waals surface area contributed by atoms with Gasteiger partial charge in [0.1, 0.15) is 23.6 Å². The molecule has 7 N–H and O–H groups in total. The van der Waals surface area contributed by atoms with E-state index < -0.39 is 60.8 Å². The molecule has 0 aromatic heterocycles. The van der Waals surface area contributed by atoms with E-state index in [9.17, 15) is 44.1 Å². The molecular weight excluding hydrogens is 576 g/mol. The zero-order chi connectivity index (χ0) is 32.0. The molecule has 0 saturated carbocycles. The van der Waals surface area contributed by atoms with E-state index in [1.54, 1.807) is 0 Å². The Hall–Kier alpha value is -5.18. The molecule has 15 heteroatoms. The molecule has 4 bridgehead atoms. The van der Waals surface area contributed by atoms with Crippen molar-refractivity contribution >= 4 is 35.9 Å². The summed E-state index contributed by atoms with van der Waals surface area (Å²) < 4.78 is 0. The summed E-state index contributed by atoms with van der Waals surface area (Å²) in [7, 11) is 1.33. The molecule has 4 rings (SSSR count). The van der Waals surface area contributed by atoms with Crippen LogP contribution in [0.2, 0.25) is 0 Å². The third-order valence-electron chi connectivity index (χ3n) is 7.50. The molecule has 6 amide bonds. The third-order valence-corrected chi connectivity index (χ3v) is 7.50. The Bertz CT molecular complexity index is 1460. The molecule has 2 aliphatic rings. The summed E-state index contributed by atoms with van der Waals surface area (Å²) in [4.78, 5) is 78.0. The molecule has 1 saturated heterocycles. The number of aromatic hydroxyl groups is 2. The number of carbonyl (C=O) groups is 6. The number of aliphatic hydroxyl groups excluding tert-OH is 1. The van der Waals surface area contributed by atoms with Crippen molar-refractivity contribution in [2.24, 2.45) is 0 Å². The van der Waals surface area contributed by atoms with Crippen molar-refractivity contribution in [3.8, 4) is 22.6 Å². The maximum Gasteiger partial charge on any atom is 0.247 e. The van der Waals surface area contributed by atoms with E-state index in [-0.39, 0.29) is 47.7 Å². The van der Waals surface area contributed by atoms with E-state index in [1.807, 2.05) is 0 Å². The number of carbonyl (C=O) groups excluding carboxylic acids is 6. The van der Waals surface area contributed by atoms with Gasteiger partial charge in [-0.25, -0.2) is 0 Å². The van der Waals surface area contributed by atoms with Crippen LogP contribution in [0, 0.1) is 0 Å². The standard InChI is InChI=1S/C29H34N6O9/c1-34(25(41)12-30-15-36)27-17-3-5-23(39)20(10-17)19-8-16(2-4-22(19)38)9-21(33-24(40)11-31-29(27)44)28(43)32-13-26(42)35-7-6-18(37)14-35/h2-5,8,10,15,18,21,27,37-39H,6-7,9,11-14H2,1H3,(H,30,36)(H,31,44)(H,32,43)(H,33,40). The first-order valence-corrected chi connectivity index (χ1v) is 13.9. The lowest BCUT2D eigenvalue weighted by Gasteiger charge is -2.28. The summed E-state index contributed by atoms with van der Waals surface area (Å²) in [6.07, 6.45) is 0.0706. The van der Waals surface area contributed by atoms with E-state index in [2.05, 4.69) is 21.3 Å². The fraction of sp³-hybridized carbons (Fsp3) is 0.379. The second kappa shape index (κ2) is 13.9. The maximum absolute atomic E-state index is 13.4. The van der Waals surface area contributed by atoms with Crippen LogP contribution in [-0.2, 0) is 35.2 Å². The number of phenols is 2. The molecule has 0 radical (unpaired) electrons. The topological polar surface area (TPSA) is 218 Å². The summed E-state index contributed by atoms with van der Waals surface area (Å²) in [5.74, 6) is -3.68. The smallest absolute Gasteiger partial charge is 0.247 e. The molecule has 3 unspecified atom stereocenters. The number of fused-ring (bicyclic) bond motifs is 5. The number of aliphatic hydroxyl groups is 1. The average Bonchev–Trinajstić information content (AvgIpc) is 3.44. The van der Waals surface area contributed by atoms with E-state index >= 15 is 0 Å². The fourth-order valence-corrected chi connectivity index (χ4v) is 5.13. The Labute approximate surface area is 252 Å². The number of likely N-dealkylation sites (tertiary alicyclic amines) is 1. The Morgan fingerprint density at radius 2 is 1.77 bits per heavy atom. The minimum atomic E-state index is -1.31. The van der Waals surface area contributed by atoms with Crippen molar-refractivity contribution in [1.29, 1.82) is 0 Å². The number of nitrogens with one attached hydrogen (secondary N) is 4. The molecule has 2 aliphatic heterocycles. The number of amides is 6. The van der Waals surface area contributed by atoms with Gasteiger partial charge in [0.15, 0.2) is 0 Å². The highest BCUT2D eigenvalue weighted by atomic mass is 16.3. The lowest BCUT2D eigenvalue weighted by atomic mass is 9.94. The normalized spacial score (nSPS) is 20.0. The van der Waals surface area contributed by atoms with Crippen LogP contribution in [0.4, 0.5) is 0 Å². The molecule has 2 aromatic rings. The molecule has 0 spiro atoms. The molecule has 234 valence electrons. The highest BCUT2D eigenvalue weighted by Crippen LogP contribution is 2.38. The zero-order valence-corrected chi connectivity index (χ0v) is 23.9. The largest absolute Gasteiger partial charge is 0.507 e. The molecule has 0 aliphatic carbocycles. The van der Waals surface area contributed by atoms with Crippen molar-refractivity contribution in [1.82, 2.24) is 31.1 Å². The second-order valence-electron chi connectivity index (χ2n) is 10.6. The fourth-order valence-electron chi connectivity index (χ4n) is 5.13. The van der Waals surface area contributed by atoms with E-state index in [4.69, 9.17) is 0 Å². The number of nitrogens with zero attached hydrogens (tertiary/aromatic N) is 2. The Morgan fingerprint density at radius 3 is 2.45 bits per heavy atom. The zero-order valence-electron chi connectivity index (χ0n) is 23.9. The lowest BCUT2D eigenvalue weighted by Crippen LogP contribution is -2.53. The van der Waals surface area contributed by atoms with Gasteiger partial charge < -0.3 is 46.4 Å². The van der Waals surface area contributed by atoms with Crippen molar-refractivity contribution in [2.45, 2.75) is 31.0 Å². The number of hydrogen-bond donors (Lipinski definition) is 7. The molecular formula is C29H34N6O9. The molecule has 2 aromatic carbocycles. The first-order valence-electron chi connectivity index (χ1n) is 13.9. The van der Waals surface area contributed by atoms with Crippen LogP contribution >= 0.6 is 0 Å². The Balaban J connectivity index is 1.67. The third kappa shape index (κ3) is 7.42. The molecule has 15 nitrogen and oxygen atoms in total. The summed E-state index contributed by atoms with van der Waals surface area (Å²) in [5.41, 5.74) is 1.02. The van der Waals surface area contributed by atoms with Crippen LogP contribution in [0.3, 0.4) is 0 Å². The monoisotopic (exact) mass is 610 g/mol. The van der Waals surface area contributed by atoms with Gasteiger partial charge in [0.05, 0.1) is 25.7 Å². The number of benzene rings is 2. The van der Waals surface area contributed by atoms with E-state index in [0.29, 0.717) is 24.9 Å².